The van der Waals surface area contributed by atoms with E-state index in [1.54, 1.807) is 13.4 Å². The van der Waals surface area contributed by atoms with Crippen LogP contribution in [0, 0.1) is 0 Å². The summed E-state index contributed by atoms with van der Waals surface area (Å²) in [5.74, 6) is 1.58. The summed E-state index contributed by atoms with van der Waals surface area (Å²) in [6.45, 7) is 0. The van der Waals surface area contributed by atoms with Crippen LogP contribution in [-0.2, 0) is 0 Å². The number of hydrogen-bond acceptors (Lipinski definition) is 4. The molecule has 2 aromatic carbocycles. The molecule has 4 rings (SSSR count). The summed E-state index contributed by atoms with van der Waals surface area (Å²) >= 11 is 6.40. The highest BCUT2D eigenvalue weighted by atomic mass is 35.5. The first-order chi connectivity index (χ1) is 11.8. The van der Waals surface area contributed by atoms with Crippen molar-refractivity contribution < 1.29 is 4.74 Å². The third-order valence-corrected chi connectivity index (χ3v) is 4.73. The highest BCUT2D eigenvalue weighted by molar-refractivity contribution is 6.31. The predicted octanol–water partition coefficient (Wildman–Crippen LogP) is 4.09. The van der Waals surface area contributed by atoms with Gasteiger partial charge in [-0.05, 0) is 35.7 Å². The van der Waals surface area contributed by atoms with Gasteiger partial charge in [0.15, 0.2) is 0 Å². The van der Waals surface area contributed by atoms with Crippen LogP contribution in [0.2, 0.25) is 5.02 Å². The Morgan fingerprint density at radius 3 is 2.92 bits per heavy atom. The maximum Gasteiger partial charge on any atom is 0.222 e. The van der Waals surface area contributed by atoms with Crippen molar-refractivity contribution in [3.8, 4) is 5.75 Å². The van der Waals surface area contributed by atoms with Gasteiger partial charge in [-0.3, -0.25) is 0 Å². The van der Waals surface area contributed by atoms with Gasteiger partial charge in [-0.25, -0.2) is 4.68 Å². The van der Waals surface area contributed by atoms with Gasteiger partial charge in [0.1, 0.15) is 12.1 Å². The summed E-state index contributed by atoms with van der Waals surface area (Å²) in [6.07, 6.45) is 2.40. The lowest BCUT2D eigenvalue weighted by atomic mass is 9.93. The predicted molar refractivity (Wildman–Crippen MR) is 93.6 cm³/mol. The molecule has 0 radical (unpaired) electrons. The van der Waals surface area contributed by atoms with E-state index in [-0.39, 0.29) is 12.1 Å². The average Bonchev–Trinajstić information content (AvgIpc) is 3.10. The second-order valence-corrected chi connectivity index (χ2v) is 6.18. The van der Waals surface area contributed by atoms with Crippen molar-refractivity contribution in [2.45, 2.75) is 18.5 Å². The Kier molecular flexibility index (Phi) is 3.86. The molecular weight excluding hydrogens is 324 g/mol. The standard InChI is InChI=1S/C18H17ClN4O/c1-24-13-6-4-5-12(9-13)17-10-16(14-7-2-3-8-15(14)19)22-18-20-11-21-23(17)18/h2-9,11,16-17H,10H2,1H3,(H,20,21,22)/t16-,17+/m0/s1. The molecule has 1 aliphatic heterocycles. The van der Waals surface area contributed by atoms with Crippen molar-refractivity contribution in [2.24, 2.45) is 0 Å². The van der Waals surface area contributed by atoms with Crippen LogP contribution in [0.4, 0.5) is 5.95 Å². The Morgan fingerprint density at radius 1 is 1.21 bits per heavy atom. The zero-order chi connectivity index (χ0) is 16.5. The maximum absolute atomic E-state index is 6.40. The molecule has 24 heavy (non-hydrogen) atoms. The van der Waals surface area contributed by atoms with Crippen LogP contribution < -0.4 is 10.1 Å². The van der Waals surface area contributed by atoms with Crippen LogP contribution >= 0.6 is 11.6 Å². The summed E-state index contributed by atoms with van der Waals surface area (Å²) in [5, 5.41) is 8.58. The fourth-order valence-corrected chi connectivity index (χ4v) is 3.48. The fraction of sp³-hybridized carbons (Fsp3) is 0.222. The third kappa shape index (κ3) is 2.61. The Hall–Kier alpha value is -2.53. The van der Waals surface area contributed by atoms with Crippen molar-refractivity contribution in [1.82, 2.24) is 14.8 Å². The van der Waals surface area contributed by atoms with E-state index in [4.69, 9.17) is 16.3 Å². The van der Waals surface area contributed by atoms with Crippen LogP contribution in [0.5, 0.6) is 5.75 Å². The van der Waals surface area contributed by atoms with Gasteiger partial charge in [0.25, 0.3) is 0 Å². The monoisotopic (exact) mass is 340 g/mol. The Morgan fingerprint density at radius 2 is 2.08 bits per heavy atom. The quantitative estimate of drug-likeness (QED) is 0.780. The van der Waals surface area contributed by atoms with E-state index >= 15 is 0 Å². The fourth-order valence-electron chi connectivity index (χ4n) is 3.21. The summed E-state index contributed by atoms with van der Waals surface area (Å²) in [5.41, 5.74) is 2.21. The number of ether oxygens (including phenoxy) is 1. The molecule has 122 valence electrons. The number of halogens is 1. The molecule has 1 aliphatic rings. The molecule has 0 saturated heterocycles. The Labute approximate surface area is 145 Å². The number of fused-ring (bicyclic) bond motifs is 1. The van der Waals surface area contributed by atoms with Crippen molar-refractivity contribution in [1.29, 1.82) is 0 Å². The first kappa shape index (κ1) is 15.0. The molecule has 1 N–H and O–H groups in total. The smallest absolute Gasteiger partial charge is 0.222 e. The summed E-state index contributed by atoms with van der Waals surface area (Å²) < 4.78 is 7.28. The van der Waals surface area contributed by atoms with Gasteiger partial charge in [0.05, 0.1) is 19.2 Å². The SMILES string of the molecule is COc1cccc([C@H]2C[C@@H](c3ccccc3Cl)Nc3ncnn32)c1. The highest BCUT2D eigenvalue weighted by Gasteiger charge is 2.30. The van der Waals surface area contributed by atoms with Gasteiger partial charge in [-0.2, -0.15) is 10.1 Å². The number of rotatable bonds is 3. The van der Waals surface area contributed by atoms with Gasteiger partial charge in [-0.15, -0.1) is 0 Å². The molecule has 3 aromatic rings. The van der Waals surface area contributed by atoms with E-state index in [2.05, 4.69) is 27.5 Å². The van der Waals surface area contributed by atoms with Crippen LogP contribution in [0.25, 0.3) is 0 Å². The highest BCUT2D eigenvalue weighted by Crippen LogP contribution is 2.39. The average molecular weight is 341 g/mol. The molecule has 5 nitrogen and oxygen atoms in total. The molecule has 0 bridgehead atoms. The second-order valence-electron chi connectivity index (χ2n) is 5.77. The summed E-state index contributed by atoms with van der Waals surface area (Å²) in [6, 6.07) is 16.1. The van der Waals surface area contributed by atoms with E-state index < -0.39 is 0 Å². The first-order valence-electron chi connectivity index (χ1n) is 7.80. The lowest BCUT2D eigenvalue weighted by Crippen LogP contribution is -2.28. The normalized spacial score (nSPS) is 19.4. The largest absolute Gasteiger partial charge is 0.497 e. The minimum absolute atomic E-state index is 0.0696. The van der Waals surface area contributed by atoms with E-state index in [0.29, 0.717) is 0 Å². The van der Waals surface area contributed by atoms with Crippen molar-refractivity contribution in [2.75, 3.05) is 12.4 Å². The lowest BCUT2D eigenvalue weighted by Gasteiger charge is -2.32. The molecule has 0 aliphatic carbocycles. The lowest BCUT2D eigenvalue weighted by molar-refractivity contribution is 0.406. The summed E-state index contributed by atoms with van der Waals surface area (Å²) in [4.78, 5) is 4.35. The Bertz CT molecular complexity index is 863. The molecule has 0 fully saturated rings. The number of benzene rings is 2. The zero-order valence-electron chi connectivity index (χ0n) is 13.2. The molecule has 0 unspecified atom stereocenters. The van der Waals surface area contributed by atoms with Crippen molar-refractivity contribution in [3.63, 3.8) is 0 Å². The van der Waals surface area contributed by atoms with E-state index in [9.17, 15) is 0 Å². The van der Waals surface area contributed by atoms with Crippen LogP contribution in [0.1, 0.15) is 29.6 Å². The van der Waals surface area contributed by atoms with Crippen LogP contribution in [0.3, 0.4) is 0 Å². The molecule has 6 heteroatoms. The number of anilines is 1. The number of nitrogens with one attached hydrogen (secondary N) is 1. The number of methoxy groups -OCH3 is 1. The van der Waals surface area contributed by atoms with Gasteiger partial charge < -0.3 is 10.1 Å². The van der Waals surface area contributed by atoms with Gasteiger partial charge in [0.2, 0.25) is 5.95 Å². The molecule has 2 atom stereocenters. The minimum atomic E-state index is 0.0696. The third-order valence-electron chi connectivity index (χ3n) is 4.39. The van der Waals surface area contributed by atoms with Gasteiger partial charge in [0, 0.05) is 5.02 Å². The van der Waals surface area contributed by atoms with E-state index in [0.717, 1.165) is 34.3 Å². The van der Waals surface area contributed by atoms with Crippen molar-refractivity contribution in [3.05, 3.63) is 71.0 Å². The Balaban J connectivity index is 1.75. The van der Waals surface area contributed by atoms with Crippen LogP contribution in [-0.4, -0.2) is 21.9 Å². The zero-order valence-corrected chi connectivity index (χ0v) is 13.9. The maximum atomic E-state index is 6.40. The van der Waals surface area contributed by atoms with Crippen LogP contribution in [0.15, 0.2) is 54.9 Å². The van der Waals surface area contributed by atoms with Crippen molar-refractivity contribution >= 4 is 17.5 Å². The molecule has 0 amide bonds. The molecule has 2 heterocycles. The molecule has 1 aromatic heterocycles. The van der Waals surface area contributed by atoms with E-state index in [1.807, 2.05) is 41.1 Å². The van der Waals surface area contributed by atoms with Gasteiger partial charge >= 0.3 is 0 Å². The molecule has 0 saturated carbocycles. The number of nitrogens with zero attached hydrogens (tertiary/aromatic N) is 3. The number of aromatic nitrogens is 3. The second kappa shape index (κ2) is 6.17. The molecule has 0 spiro atoms. The summed E-state index contributed by atoms with van der Waals surface area (Å²) in [7, 11) is 1.68. The first-order valence-corrected chi connectivity index (χ1v) is 8.18. The topological polar surface area (TPSA) is 52.0 Å². The number of hydrogen-bond donors (Lipinski definition) is 1. The molecular formula is C18H17ClN4O. The van der Waals surface area contributed by atoms with E-state index in [1.165, 1.54) is 0 Å². The minimum Gasteiger partial charge on any atom is -0.497 e. The van der Waals surface area contributed by atoms with Gasteiger partial charge in [-0.1, -0.05) is 41.9 Å².